The number of nitrogens with zero attached hydrogens (tertiary/aromatic N) is 3. The fourth-order valence-corrected chi connectivity index (χ4v) is 2.35. The van der Waals surface area contributed by atoms with Crippen LogP contribution in [0.2, 0.25) is 10.0 Å². The zero-order valence-electron chi connectivity index (χ0n) is 8.82. The Bertz CT molecular complexity index is 545. The first kappa shape index (κ1) is 10.4. The van der Waals surface area contributed by atoms with Crippen molar-refractivity contribution in [2.45, 2.75) is 25.8 Å². The number of hydrogen-bond acceptors (Lipinski definition) is 2. The van der Waals surface area contributed by atoms with Crippen molar-refractivity contribution < 1.29 is 0 Å². The van der Waals surface area contributed by atoms with Crippen molar-refractivity contribution in [3.8, 4) is 0 Å². The van der Waals surface area contributed by atoms with Gasteiger partial charge in [0.25, 0.3) is 0 Å². The van der Waals surface area contributed by atoms with Crippen LogP contribution in [0.4, 0.5) is 0 Å². The number of rotatable bonds is 2. The van der Waals surface area contributed by atoms with Gasteiger partial charge >= 0.3 is 0 Å². The standard InChI is InChI=1S/C11H11Cl2N3/c1-6(7-2-3-7)16-11-8(4-15-16)10(13)9(12)5-14-11/h4-7H,2-3H2,1H3. The maximum absolute atomic E-state index is 6.11. The molecule has 16 heavy (non-hydrogen) atoms. The van der Waals surface area contributed by atoms with Crippen LogP contribution in [0.15, 0.2) is 12.4 Å². The highest BCUT2D eigenvalue weighted by atomic mass is 35.5. The highest BCUT2D eigenvalue weighted by Gasteiger charge is 2.30. The van der Waals surface area contributed by atoms with Gasteiger partial charge in [-0.1, -0.05) is 23.2 Å². The topological polar surface area (TPSA) is 30.7 Å². The van der Waals surface area contributed by atoms with E-state index in [-0.39, 0.29) is 0 Å². The van der Waals surface area contributed by atoms with Crippen molar-refractivity contribution in [2.75, 3.05) is 0 Å². The molecule has 0 bridgehead atoms. The molecule has 1 unspecified atom stereocenters. The molecule has 0 radical (unpaired) electrons. The predicted octanol–water partition coefficient (Wildman–Crippen LogP) is 3.71. The van der Waals surface area contributed by atoms with Crippen LogP contribution in [0.3, 0.4) is 0 Å². The van der Waals surface area contributed by atoms with Crippen LogP contribution in [-0.4, -0.2) is 14.8 Å². The van der Waals surface area contributed by atoms with Crippen LogP contribution in [-0.2, 0) is 0 Å². The lowest BCUT2D eigenvalue weighted by molar-refractivity contribution is 0.451. The lowest BCUT2D eigenvalue weighted by Crippen LogP contribution is -2.09. The van der Waals surface area contributed by atoms with Gasteiger partial charge in [0.15, 0.2) is 5.65 Å². The Balaban J connectivity index is 2.16. The Kier molecular flexibility index (Phi) is 2.33. The molecule has 0 N–H and O–H groups in total. The fraction of sp³-hybridized carbons (Fsp3) is 0.455. The summed E-state index contributed by atoms with van der Waals surface area (Å²) in [7, 11) is 0. The van der Waals surface area contributed by atoms with Gasteiger partial charge in [-0.2, -0.15) is 5.10 Å². The summed E-state index contributed by atoms with van der Waals surface area (Å²) in [5.41, 5.74) is 0.828. The average Bonchev–Trinajstić information content (AvgIpc) is 3.03. The van der Waals surface area contributed by atoms with E-state index < -0.39 is 0 Å². The fourth-order valence-electron chi connectivity index (χ4n) is 2.02. The molecule has 1 atom stereocenters. The summed E-state index contributed by atoms with van der Waals surface area (Å²) in [6.45, 7) is 2.17. The lowest BCUT2D eigenvalue weighted by atomic mass is 10.2. The van der Waals surface area contributed by atoms with E-state index >= 15 is 0 Å². The van der Waals surface area contributed by atoms with Gasteiger partial charge in [-0.25, -0.2) is 9.67 Å². The zero-order chi connectivity index (χ0) is 11.3. The quantitative estimate of drug-likeness (QED) is 0.820. The van der Waals surface area contributed by atoms with Gasteiger partial charge in [-0.15, -0.1) is 0 Å². The highest BCUT2D eigenvalue weighted by Crippen LogP contribution is 2.40. The Hall–Kier alpha value is -0.800. The van der Waals surface area contributed by atoms with Crippen LogP contribution in [0, 0.1) is 5.92 Å². The van der Waals surface area contributed by atoms with Gasteiger partial charge in [0.2, 0.25) is 0 Å². The smallest absolute Gasteiger partial charge is 0.159 e. The third-order valence-electron chi connectivity index (χ3n) is 3.21. The molecule has 3 nitrogen and oxygen atoms in total. The summed E-state index contributed by atoms with van der Waals surface area (Å²) in [5, 5.41) is 6.23. The highest BCUT2D eigenvalue weighted by molar-refractivity contribution is 6.44. The van der Waals surface area contributed by atoms with Crippen molar-refractivity contribution >= 4 is 34.2 Å². The zero-order valence-corrected chi connectivity index (χ0v) is 10.3. The summed E-state index contributed by atoms with van der Waals surface area (Å²) < 4.78 is 1.95. The summed E-state index contributed by atoms with van der Waals surface area (Å²) in [5.74, 6) is 0.736. The van der Waals surface area contributed by atoms with E-state index in [2.05, 4.69) is 17.0 Å². The van der Waals surface area contributed by atoms with Gasteiger partial charge in [0.1, 0.15) is 0 Å². The molecule has 1 saturated carbocycles. The normalized spacial score (nSPS) is 17.9. The van der Waals surface area contributed by atoms with E-state index in [0.29, 0.717) is 16.1 Å². The number of pyridine rings is 1. The monoisotopic (exact) mass is 255 g/mol. The van der Waals surface area contributed by atoms with Crippen molar-refractivity contribution in [1.29, 1.82) is 0 Å². The van der Waals surface area contributed by atoms with Gasteiger partial charge in [0, 0.05) is 6.20 Å². The molecule has 2 aromatic heterocycles. The molecule has 5 heteroatoms. The van der Waals surface area contributed by atoms with Gasteiger partial charge in [0.05, 0.1) is 27.7 Å². The minimum absolute atomic E-state index is 0.391. The lowest BCUT2D eigenvalue weighted by Gasteiger charge is -2.11. The summed E-state index contributed by atoms with van der Waals surface area (Å²) in [4.78, 5) is 4.32. The molecular weight excluding hydrogens is 245 g/mol. The van der Waals surface area contributed by atoms with Crippen molar-refractivity contribution in [1.82, 2.24) is 14.8 Å². The van der Waals surface area contributed by atoms with E-state index in [4.69, 9.17) is 23.2 Å². The Morgan fingerprint density at radius 3 is 2.81 bits per heavy atom. The number of hydrogen-bond donors (Lipinski definition) is 0. The third kappa shape index (κ3) is 1.50. The number of aromatic nitrogens is 3. The Labute approximate surface area is 103 Å². The maximum atomic E-state index is 6.11. The summed E-state index contributed by atoms with van der Waals surface area (Å²) in [6, 6.07) is 0.391. The van der Waals surface area contributed by atoms with Crippen LogP contribution < -0.4 is 0 Å². The molecule has 1 aliphatic rings. The Morgan fingerprint density at radius 1 is 1.38 bits per heavy atom. The van der Waals surface area contributed by atoms with E-state index in [1.54, 1.807) is 12.4 Å². The maximum Gasteiger partial charge on any atom is 0.159 e. The van der Waals surface area contributed by atoms with Gasteiger partial charge in [-0.3, -0.25) is 0 Å². The van der Waals surface area contributed by atoms with Crippen LogP contribution in [0.5, 0.6) is 0 Å². The first-order valence-electron chi connectivity index (χ1n) is 5.35. The third-order valence-corrected chi connectivity index (χ3v) is 4.00. The largest absolute Gasteiger partial charge is 0.244 e. The molecule has 1 aliphatic carbocycles. The first-order valence-corrected chi connectivity index (χ1v) is 6.11. The van der Waals surface area contributed by atoms with E-state index in [0.717, 1.165) is 17.0 Å². The molecule has 2 heterocycles. The summed E-state index contributed by atoms with van der Waals surface area (Å²) >= 11 is 12.0. The van der Waals surface area contributed by atoms with Gasteiger partial charge < -0.3 is 0 Å². The summed E-state index contributed by atoms with van der Waals surface area (Å²) in [6.07, 6.45) is 5.90. The van der Waals surface area contributed by atoms with E-state index in [9.17, 15) is 0 Å². The molecule has 84 valence electrons. The van der Waals surface area contributed by atoms with E-state index in [1.807, 2.05) is 4.68 Å². The molecular formula is C11H11Cl2N3. The second-order valence-corrected chi connectivity index (χ2v) is 5.11. The molecule has 0 aromatic carbocycles. The minimum Gasteiger partial charge on any atom is -0.244 e. The second kappa shape index (κ2) is 3.60. The van der Waals surface area contributed by atoms with Crippen molar-refractivity contribution in [2.24, 2.45) is 5.92 Å². The number of halogens is 2. The molecule has 0 amide bonds. The first-order chi connectivity index (χ1) is 7.68. The van der Waals surface area contributed by atoms with Crippen LogP contribution >= 0.6 is 23.2 Å². The second-order valence-electron chi connectivity index (χ2n) is 4.32. The van der Waals surface area contributed by atoms with Crippen molar-refractivity contribution in [3.05, 3.63) is 22.4 Å². The molecule has 3 rings (SSSR count). The average molecular weight is 256 g/mol. The minimum atomic E-state index is 0.391. The molecule has 2 aromatic rings. The Morgan fingerprint density at radius 2 is 2.12 bits per heavy atom. The molecule has 1 fully saturated rings. The molecule has 0 saturated heterocycles. The van der Waals surface area contributed by atoms with Crippen LogP contribution in [0.25, 0.3) is 11.0 Å². The van der Waals surface area contributed by atoms with Gasteiger partial charge in [-0.05, 0) is 25.7 Å². The van der Waals surface area contributed by atoms with Crippen LogP contribution in [0.1, 0.15) is 25.8 Å². The molecule has 0 spiro atoms. The number of fused-ring (bicyclic) bond motifs is 1. The molecule has 0 aliphatic heterocycles. The SMILES string of the molecule is CC(C1CC1)n1ncc2c(Cl)c(Cl)cnc21. The van der Waals surface area contributed by atoms with E-state index in [1.165, 1.54) is 12.8 Å². The van der Waals surface area contributed by atoms with Crippen molar-refractivity contribution in [3.63, 3.8) is 0 Å². The predicted molar refractivity (Wildman–Crippen MR) is 65.0 cm³/mol.